The summed E-state index contributed by atoms with van der Waals surface area (Å²) in [5.41, 5.74) is 1.91. The number of hydrogen-bond donors (Lipinski definition) is 0. The van der Waals surface area contributed by atoms with Crippen LogP contribution >= 0.6 is 0 Å². The SMILES string of the molecule is CCOC(=O)CCC(CCC(=O)c1ccccc1)c1ccccc1. The van der Waals surface area contributed by atoms with E-state index < -0.39 is 0 Å². The monoisotopic (exact) mass is 324 g/mol. The predicted molar refractivity (Wildman–Crippen MR) is 95.1 cm³/mol. The van der Waals surface area contributed by atoms with Gasteiger partial charge >= 0.3 is 5.97 Å². The molecule has 0 aliphatic rings. The van der Waals surface area contributed by atoms with Crippen LogP contribution in [-0.4, -0.2) is 18.4 Å². The van der Waals surface area contributed by atoms with E-state index in [2.05, 4.69) is 12.1 Å². The third-order valence-electron chi connectivity index (χ3n) is 4.09. The summed E-state index contributed by atoms with van der Waals surface area (Å²) in [6, 6.07) is 19.4. The average Bonchev–Trinajstić information content (AvgIpc) is 2.63. The molecule has 24 heavy (non-hydrogen) atoms. The summed E-state index contributed by atoms with van der Waals surface area (Å²) in [7, 11) is 0. The number of rotatable bonds is 9. The average molecular weight is 324 g/mol. The second-order valence-corrected chi connectivity index (χ2v) is 5.78. The molecule has 0 bridgehead atoms. The number of Topliss-reactive ketones (excluding diaryl/α,β-unsaturated/α-hetero) is 1. The summed E-state index contributed by atoms with van der Waals surface area (Å²) in [6.45, 7) is 2.21. The fraction of sp³-hybridized carbons (Fsp3) is 0.333. The van der Waals surface area contributed by atoms with Crippen LogP contribution < -0.4 is 0 Å². The summed E-state index contributed by atoms with van der Waals surface area (Å²) in [5, 5.41) is 0. The third kappa shape index (κ3) is 5.65. The summed E-state index contributed by atoms with van der Waals surface area (Å²) < 4.78 is 5.02. The van der Waals surface area contributed by atoms with Crippen molar-refractivity contribution in [2.45, 2.75) is 38.5 Å². The quantitative estimate of drug-likeness (QED) is 0.492. The molecule has 0 aromatic heterocycles. The molecule has 0 N–H and O–H groups in total. The molecule has 3 nitrogen and oxygen atoms in total. The van der Waals surface area contributed by atoms with Crippen molar-refractivity contribution in [3.8, 4) is 0 Å². The van der Waals surface area contributed by atoms with E-state index in [-0.39, 0.29) is 17.7 Å². The maximum atomic E-state index is 12.3. The van der Waals surface area contributed by atoms with Crippen LogP contribution in [0.15, 0.2) is 60.7 Å². The topological polar surface area (TPSA) is 43.4 Å². The van der Waals surface area contributed by atoms with Crippen molar-refractivity contribution in [2.75, 3.05) is 6.61 Å². The fourth-order valence-corrected chi connectivity index (χ4v) is 2.80. The van der Waals surface area contributed by atoms with Gasteiger partial charge in [-0.1, -0.05) is 60.7 Å². The van der Waals surface area contributed by atoms with Crippen molar-refractivity contribution < 1.29 is 14.3 Å². The first-order chi connectivity index (χ1) is 11.7. The van der Waals surface area contributed by atoms with Crippen molar-refractivity contribution in [1.29, 1.82) is 0 Å². The van der Waals surface area contributed by atoms with Crippen LogP contribution in [0.4, 0.5) is 0 Å². The third-order valence-corrected chi connectivity index (χ3v) is 4.09. The standard InChI is InChI=1S/C21H24O3/c1-2-24-21(23)16-14-18(17-9-5-3-6-10-17)13-15-20(22)19-11-7-4-8-12-19/h3-12,18H,2,13-16H2,1H3. The smallest absolute Gasteiger partial charge is 0.305 e. The minimum atomic E-state index is -0.173. The van der Waals surface area contributed by atoms with Gasteiger partial charge in [0.15, 0.2) is 5.78 Å². The molecular weight excluding hydrogens is 300 g/mol. The first-order valence-electron chi connectivity index (χ1n) is 8.49. The second kappa shape index (κ2) is 9.66. The molecule has 2 aromatic rings. The zero-order chi connectivity index (χ0) is 17.2. The van der Waals surface area contributed by atoms with Gasteiger partial charge in [0.1, 0.15) is 0 Å². The molecule has 0 fully saturated rings. The first-order valence-corrected chi connectivity index (χ1v) is 8.49. The number of carbonyl (C=O) groups is 2. The summed E-state index contributed by atoms with van der Waals surface area (Å²) in [6.07, 6.45) is 2.29. The Bertz CT molecular complexity index is 635. The Kier molecular flexibility index (Phi) is 7.21. The van der Waals surface area contributed by atoms with Crippen molar-refractivity contribution in [3.63, 3.8) is 0 Å². The molecule has 0 aliphatic carbocycles. The van der Waals surface area contributed by atoms with E-state index in [4.69, 9.17) is 4.74 Å². The Balaban J connectivity index is 1.98. The molecular formula is C21H24O3. The maximum Gasteiger partial charge on any atom is 0.305 e. The molecule has 0 amide bonds. The lowest BCUT2D eigenvalue weighted by Gasteiger charge is -2.17. The minimum absolute atomic E-state index is 0.146. The first kappa shape index (κ1) is 17.9. The molecule has 0 saturated heterocycles. The Hall–Kier alpha value is -2.42. The van der Waals surface area contributed by atoms with E-state index in [1.165, 1.54) is 5.56 Å². The van der Waals surface area contributed by atoms with Crippen molar-refractivity contribution >= 4 is 11.8 Å². The Morgan fingerprint density at radius 3 is 2.08 bits per heavy atom. The molecule has 3 heteroatoms. The maximum absolute atomic E-state index is 12.3. The van der Waals surface area contributed by atoms with E-state index in [0.717, 1.165) is 12.0 Å². The molecule has 2 rings (SSSR count). The van der Waals surface area contributed by atoms with Gasteiger partial charge in [-0.05, 0) is 31.2 Å². The molecule has 126 valence electrons. The van der Waals surface area contributed by atoms with Gasteiger partial charge in [-0.2, -0.15) is 0 Å². The highest BCUT2D eigenvalue weighted by molar-refractivity contribution is 5.96. The highest BCUT2D eigenvalue weighted by Crippen LogP contribution is 2.27. The Labute approximate surface area is 143 Å². The van der Waals surface area contributed by atoms with Crippen LogP contribution in [0.2, 0.25) is 0 Å². The lowest BCUT2D eigenvalue weighted by Crippen LogP contribution is -2.09. The molecule has 0 heterocycles. The molecule has 0 radical (unpaired) electrons. The van der Waals surface area contributed by atoms with E-state index in [1.807, 2.05) is 55.5 Å². The van der Waals surface area contributed by atoms with Gasteiger partial charge in [0.2, 0.25) is 0 Å². The van der Waals surface area contributed by atoms with Crippen LogP contribution in [0, 0.1) is 0 Å². The van der Waals surface area contributed by atoms with Gasteiger partial charge in [-0.3, -0.25) is 9.59 Å². The van der Waals surface area contributed by atoms with Gasteiger partial charge in [0.25, 0.3) is 0 Å². The van der Waals surface area contributed by atoms with Gasteiger partial charge < -0.3 is 4.74 Å². The minimum Gasteiger partial charge on any atom is -0.466 e. The number of hydrogen-bond acceptors (Lipinski definition) is 3. The highest BCUT2D eigenvalue weighted by Gasteiger charge is 2.16. The lowest BCUT2D eigenvalue weighted by atomic mass is 9.88. The van der Waals surface area contributed by atoms with E-state index >= 15 is 0 Å². The lowest BCUT2D eigenvalue weighted by molar-refractivity contribution is -0.143. The van der Waals surface area contributed by atoms with Crippen molar-refractivity contribution in [1.82, 2.24) is 0 Å². The van der Waals surface area contributed by atoms with Crippen LogP contribution in [0.3, 0.4) is 0 Å². The number of ketones is 1. The summed E-state index contributed by atoms with van der Waals surface area (Å²) >= 11 is 0. The van der Waals surface area contributed by atoms with Crippen LogP contribution in [0.1, 0.15) is 54.4 Å². The van der Waals surface area contributed by atoms with Gasteiger partial charge in [0, 0.05) is 18.4 Å². The van der Waals surface area contributed by atoms with E-state index in [0.29, 0.717) is 25.9 Å². The largest absolute Gasteiger partial charge is 0.466 e. The van der Waals surface area contributed by atoms with Gasteiger partial charge in [-0.15, -0.1) is 0 Å². The second-order valence-electron chi connectivity index (χ2n) is 5.78. The van der Waals surface area contributed by atoms with Gasteiger partial charge in [0.05, 0.1) is 6.61 Å². The number of benzene rings is 2. The van der Waals surface area contributed by atoms with Crippen LogP contribution in [-0.2, 0) is 9.53 Å². The summed E-state index contributed by atoms with van der Waals surface area (Å²) in [4.78, 5) is 24.0. The van der Waals surface area contributed by atoms with Crippen molar-refractivity contribution in [2.24, 2.45) is 0 Å². The zero-order valence-corrected chi connectivity index (χ0v) is 14.1. The Morgan fingerprint density at radius 1 is 0.875 bits per heavy atom. The highest BCUT2D eigenvalue weighted by atomic mass is 16.5. The van der Waals surface area contributed by atoms with Crippen LogP contribution in [0.25, 0.3) is 0 Å². The van der Waals surface area contributed by atoms with E-state index in [1.54, 1.807) is 0 Å². The molecule has 0 saturated carbocycles. The molecule has 0 spiro atoms. The zero-order valence-electron chi connectivity index (χ0n) is 14.1. The molecule has 2 aromatic carbocycles. The van der Waals surface area contributed by atoms with Gasteiger partial charge in [-0.25, -0.2) is 0 Å². The number of carbonyl (C=O) groups excluding carboxylic acids is 2. The van der Waals surface area contributed by atoms with Crippen LogP contribution in [0.5, 0.6) is 0 Å². The molecule has 0 aliphatic heterocycles. The van der Waals surface area contributed by atoms with Crippen molar-refractivity contribution in [3.05, 3.63) is 71.8 Å². The predicted octanol–water partition coefficient (Wildman–Crippen LogP) is 4.78. The van der Waals surface area contributed by atoms with E-state index in [9.17, 15) is 9.59 Å². The number of ether oxygens (including phenoxy) is 1. The summed E-state index contributed by atoms with van der Waals surface area (Å²) in [5.74, 6) is 0.156. The number of esters is 1. The molecule has 1 unspecified atom stereocenters. The molecule has 1 atom stereocenters. The Morgan fingerprint density at radius 2 is 1.46 bits per heavy atom. The fourth-order valence-electron chi connectivity index (χ4n) is 2.80. The normalized spacial score (nSPS) is 11.7.